The number of amides is 1. The van der Waals surface area contributed by atoms with E-state index in [4.69, 9.17) is 15.6 Å². The zero-order valence-electron chi connectivity index (χ0n) is 11.6. The van der Waals surface area contributed by atoms with Gasteiger partial charge in [-0.15, -0.1) is 0 Å². The highest BCUT2D eigenvalue weighted by molar-refractivity contribution is 5.87. The number of ether oxygens (including phenoxy) is 1. The second-order valence-corrected chi connectivity index (χ2v) is 4.91. The summed E-state index contributed by atoms with van der Waals surface area (Å²) in [6, 6.07) is -0.858. The molecular weight excluding hydrogens is 248 g/mol. The maximum atomic E-state index is 11.2. The predicted octanol–water partition coefficient (Wildman–Crippen LogP) is 0.417. The topological polar surface area (TPSA) is 102 Å². The standard InChI is InChI=1S/C13H22N2O4/c1-4-7(2)19-11-6-9(13(17)18)5-10(14)12(11)15-8(3)16/h6-7,10-12H,4-5,14H2,1-3H3,(H,15,16)(H,17,18)/t7-,10+,11-,12-/m1/s1. The lowest BCUT2D eigenvalue weighted by Crippen LogP contribution is -2.56. The van der Waals surface area contributed by atoms with Crippen LogP contribution in [0.4, 0.5) is 0 Å². The third-order valence-corrected chi connectivity index (χ3v) is 3.25. The number of carboxylic acids is 1. The van der Waals surface area contributed by atoms with Gasteiger partial charge in [-0.1, -0.05) is 6.92 Å². The van der Waals surface area contributed by atoms with E-state index in [-0.39, 0.29) is 24.0 Å². The molecule has 6 heteroatoms. The molecule has 0 aromatic rings. The summed E-state index contributed by atoms with van der Waals surface area (Å²) >= 11 is 0. The van der Waals surface area contributed by atoms with Gasteiger partial charge in [0.25, 0.3) is 0 Å². The number of hydrogen-bond donors (Lipinski definition) is 3. The first-order valence-corrected chi connectivity index (χ1v) is 6.47. The van der Waals surface area contributed by atoms with Gasteiger partial charge in [0.2, 0.25) is 5.91 Å². The molecule has 19 heavy (non-hydrogen) atoms. The number of carbonyl (C=O) groups excluding carboxylic acids is 1. The van der Waals surface area contributed by atoms with E-state index in [0.29, 0.717) is 0 Å². The van der Waals surface area contributed by atoms with Crippen molar-refractivity contribution in [2.45, 2.75) is 57.9 Å². The van der Waals surface area contributed by atoms with Crippen molar-refractivity contribution in [3.63, 3.8) is 0 Å². The van der Waals surface area contributed by atoms with Crippen molar-refractivity contribution in [1.82, 2.24) is 5.32 Å². The number of rotatable bonds is 5. The monoisotopic (exact) mass is 270 g/mol. The molecule has 0 radical (unpaired) electrons. The summed E-state index contributed by atoms with van der Waals surface area (Å²) in [5.74, 6) is -1.19. The van der Waals surface area contributed by atoms with Crippen molar-refractivity contribution in [2.75, 3.05) is 0 Å². The summed E-state index contributed by atoms with van der Waals surface area (Å²) in [5.41, 5.74) is 6.20. The molecule has 1 aliphatic rings. The Morgan fingerprint density at radius 2 is 2.26 bits per heavy atom. The summed E-state index contributed by atoms with van der Waals surface area (Å²) in [7, 11) is 0. The van der Waals surface area contributed by atoms with E-state index in [9.17, 15) is 9.59 Å². The van der Waals surface area contributed by atoms with Crippen LogP contribution >= 0.6 is 0 Å². The van der Waals surface area contributed by atoms with Crippen LogP contribution in [0.1, 0.15) is 33.6 Å². The van der Waals surface area contributed by atoms with Crippen molar-refractivity contribution < 1.29 is 19.4 Å². The van der Waals surface area contributed by atoms with Gasteiger partial charge in [-0.25, -0.2) is 4.79 Å². The summed E-state index contributed by atoms with van der Waals surface area (Å²) in [6.07, 6.45) is 2.04. The number of nitrogens with two attached hydrogens (primary N) is 1. The smallest absolute Gasteiger partial charge is 0.331 e. The fourth-order valence-corrected chi connectivity index (χ4v) is 2.07. The highest BCUT2D eigenvalue weighted by Gasteiger charge is 2.35. The molecule has 4 atom stereocenters. The van der Waals surface area contributed by atoms with Crippen molar-refractivity contribution >= 4 is 11.9 Å². The molecule has 0 unspecified atom stereocenters. The molecule has 0 aliphatic heterocycles. The Labute approximate surface area is 113 Å². The highest BCUT2D eigenvalue weighted by atomic mass is 16.5. The quantitative estimate of drug-likeness (QED) is 0.672. The van der Waals surface area contributed by atoms with Crippen LogP contribution in [0.3, 0.4) is 0 Å². The van der Waals surface area contributed by atoms with E-state index in [2.05, 4.69) is 5.32 Å². The molecule has 0 fully saturated rings. The second kappa shape index (κ2) is 6.68. The van der Waals surface area contributed by atoms with Crippen LogP contribution in [0.25, 0.3) is 0 Å². The van der Waals surface area contributed by atoms with Crippen LogP contribution in [0.5, 0.6) is 0 Å². The van der Waals surface area contributed by atoms with Gasteiger partial charge >= 0.3 is 5.97 Å². The third-order valence-electron chi connectivity index (χ3n) is 3.25. The normalized spacial score (nSPS) is 28.4. The molecule has 108 valence electrons. The maximum Gasteiger partial charge on any atom is 0.331 e. The zero-order chi connectivity index (χ0) is 14.6. The molecule has 0 saturated heterocycles. The van der Waals surface area contributed by atoms with Gasteiger partial charge < -0.3 is 20.9 Å². The SMILES string of the molecule is CC[C@@H](C)O[C@@H]1C=C(C(=O)O)C[C@H](N)[C@H]1NC(C)=O. The first-order chi connectivity index (χ1) is 8.85. The van der Waals surface area contributed by atoms with Gasteiger partial charge in [0.05, 0.1) is 18.2 Å². The second-order valence-electron chi connectivity index (χ2n) is 4.91. The molecule has 4 N–H and O–H groups in total. The molecule has 0 heterocycles. The minimum absolute atomic E-state index is 0.0298. The van der Waals surface area contributed by atoms with E-state index in [1.165, 1.54) is 6.92 Å². The number of nitrogens with one attached hydrogen (secondary N) is 1. The zero-order valence-corrected chi connectivity index (χ0v) is 11.6. The van der Waals surface area contributed by atoms with Crippen LogP contribution in [0.2, 0.25) is 0 Å². The van der Waals surface area contributed by atoms with Crippen molar-refractivity contribution in [1.29, 1.82) is 0 Å². The largest absolute Gasteiger partial charge is 0.478 e. The molecule has 6 nitrogen and oxygen atoms in total. The molecule has 1 amide bonds. The van der Waals surface area contributed by atoms with E-state index >= 15 is 0 Å². The Kier molecular flexibility index (Phi) is 5.50. The van der Waals surface area contributed by atoms with E-state index < -0.39 is 24.2 Å². The van der Waals surface area contributed by atoms with Crippen molar-refractivity contribution in [3.8, 4) is 0 Å². The van der Waals surface area contributed by atoms with Crippen LogP contribution in [0, 0.1) is 0 Å². The molecule has 0 spiro atoms. The average Bonchev–Trinajstić information content (AvgIpc) is 2.32. The van der Waals surface area contributed by atoms with Gasteiger partial charge in [0.15, 0.2) is 0 Å². The van der Waals surface area contributed by atoms with Gasteiger partial charge in [-0.2, -0.15) is 0 Å². The predicted molar refractivity (Wildman–Crippen MR) is 70.5 cm³/mol. The van der Waals surface area contributed by atoms with Gasteiger partial charge in [0.1, 0.15) is 0 Å². The minimum atomic E-state index is -0.991. The lowest BCUT2D eigenvalue weighted by Gasteiger charge is -2.35. The molecule has 0 bridgehead atoms. The van der Waals surface area contributed by atoms with Gasteiger partial charge in [-0.3, -0.25) is 4.79 Å². The van der Waals surface area contributed by atoms with Crippen molar-refractivity contribution in [3.05, 3.63) is 11.6 Å². The minimum Gasteiger partial charge on any atom is -0.478 e. The van der Waals surface area contributed by atoms with Gasteiger partial charge in [-0.05, 0) is 25.8 Å². The Morgan fingerprint density at radius 3 is 2.74 bits per heavy atom. The Balaban J connectivity index is 2.94. The summed E-state index contributed by atoms with van der Waals surface area (Å²) in [5, 5.41) is 11.8. The fraction of sp³-hybridized carbons (Fsp3) is 0.692. The Bertz CT molecular complexity index is 381. The molecule has 1 aliphatic carbocycles. The Morgan fingerprint density at radius 1 is 1.63 bits per heavy atom. The van der Waals surface area contributed by atoms with Crippen LogP contribution in [-0.4, -0.2) is 41.3 Å². The number of aliphatic carboxylic acids is 1. The van der Waals surface area contributed by atoms with Crippen LogP contribution in [0.15, 0.2) is 11.6 Å². The summed E-state index contributed by atoms with van der Waals surface area (Å²) < 4.78 is 5.77. The maximum absolute atomic E-state index is 11.2. The fourth-order valence-electron chi connectivity index (χ4n) is 2.07. The molecule has 0 saturated carbocycles. The highest BCUT2D eigenvalue weighted by Crippen LogP contribution is 2.22. The first kappa shape index (κ1) is 15.7. The lowest BCUT2D eigenvalue weighted by atomic mass is 9.88. The van der Waals surface area contributed by atoms with Gasteiger partial charge in [0, 0.05) is 18.5 Å². The number of carboxylic acid groups (broad SMARTS) is 1. The van der Waals surface area contributed by atoms with Crippen LogP contribution in [-0.2, 0) is 14.3 Å². The molecule has 0 aromatic carbocycles. The molecular formula is C13H22N2O4. The van der Waals surface area contributed by atoms with Crippen LogP contribution < -0.4 is 11.1 Å². The first-order valence-electron chi connectivity index (χ1n) is 6.47. The van der Waals surface area contributed by atoms with E-state index in [1.807, 2.05) is 13.8 Å². The average molecular weight is 270 g/mol. The summed E-state index contributed by atoms with van der Waals surface area (Å²) in [4.78, 5) is 22.3. The third kappa shape index (κ3) is 4.33. The Hall–Kier alpha value is -1.40. The molecule has 0 aromatic heterocycles. The van der Waals surface area contributed by atoms with E-state index in [1.54, 1.807) is 6.08 Å². The number of hydrogen-bond acceptors (Lipinski definition) is 4. The molecule has 1 rings (SSSR count). The van der Waals surface area contributed by atoms with Crippen molar-refractivity contribution in [2.24, 2.45) is 5.73 Å². The number of carbonyl (C=O) groups is 2. The summed E-state index contributed by atoms with van der Waals surface area (Å²) in [6.45, 7) is 5.28. The lowest BCUT2D eigenvalue weighted by molar-refractivity contribution is -0.133. The van der Waals surface area contributed by atoms with E-state index in [0.717, 1.165) is 6.42 Å².